The van der Waals surface area contributed by atoms with Gasteiger partial charge in [-0.1, -0.05) is 12.1 Å². The number of nitrogens with zero attached hydrogens (tertiary/aromatic N) is 3. The molecule has 1 unspecified atom stereocenters. The third kappa shape index (κ3) is 5.09. The number of nitro benzene ring substituents is 1. The monoisotopic (exact) mass is 467 g/mol. The van der Waals surface area contributed by atoms with Crippen molar-refractivity contribution in [3.05, 3.63) is 74.8 Å². The summed E-state index contributed by atoms with van der Waals surface area (Å²) >= 11 is 0. The van der Waals surface area contributed by atoms with Gasteiger partial charge in [0.15, 0.2) is 0 Å². The molecule has 2 aromatic carbocycles. The van der Waals surface area contributed by atoms with Crippen molar-refractivity contribution in [2.24, 2.45) is 0 Å². The number of aliphatic hydroxyl groups excluding tert-OH is 1. The van der Waals surface area contributed by atoms with Crippen LogP contribution in [-0.2, 0) is 9.59 Å². The van der Waals surface area contributed by atoms with Gasteiger partial charge in [-0.25, -0.2) is 0 Å². The van der Waals surface area contributed by atoms with Crippen LogP contribution in [-0.4, -0.2) is 65.3 Å². The van der Waals surface area contributed by atoms with Gasteiger partial charge >= 0.3 is 0 Å². The van der Waals surface area contributed by atoms with Gasteiger partial charge in [-0.3, -0.25) is 19.7 Å². The fraction of sp³-hybridized carbons (Fsp3) is 0.360. The highest BCUT2D eigenvalue weighted by molar-refractivity contribution is 6.46. The molecule has 9 heteroatoms. The van der Waals surface area contributed by atoms with E-state index in [0.29, 0.717) is 36.4 Å². The molecule has 1 aliphatic rings. The molecule has 34 heavy (non-hydrogen) atoms. The van der Waals surface area contributed by atoms with E-state index in [9.17, 15) is 24.8 Å². The number of carbonyl (C=O) groups is 2. The molecule has 9 nitrogen and oxygen atoms in total. The lowest BCUT2D eigenvalue weighted by atomic mass is 9.94. The number of Topliss-reactive ketones (excluding diaryl/α,β-unsaturated/α-hetero) is 1. The van der Waals surface area contributed by atoms with E-state index in [1.54, 1.807) is 24.3 Å². The smallest absolute Gasteiger partial charge is 0.295 e. The van der Waals surface area contributed by atoms with Gasteiger partial charge < -0.3 is 19.6 Å². The lowest BCUT2D eigenvalue weighted by molar-refractivity contribution is -0.384. The zero-order valence-corrected chi connectivity index (χ0v) is 19.8. The van der Waals surface area contributed by atoms with E-state index in [0.717, 1.165) is 5.56 Å². The quantitative estimate of drug-likeness (QED) is 0.197. The average molecular weight is 468 g/mol. The van der Waals surface area contributed by atoms with Crippen LogP contribution in [0, 0.1) is 17.0 Å². The van der Waals surface area contributed by atoms with Gasteiger partial charge in [0.2, 0.25) is 0 Å². The molecule has 3 rings (SSSR count). The van der Waals surface area contributed by atoms with Crippen LogP contribution in [0.1, 0.15) is 36.1 Å². The Balaban J connectivity index is 2.13. The molecule has 0 bridgehead atoms. The first kappa shape index (κ1) is 24.9. The lowest BCUT2D eigenvalue weighted by Gasteiger charge is -2.26. The fourth-order valence-corrected chi connectivity index (χ4v) is 4.09. The molecule has 1 fully saturated rings. The summed E-state index contributed by atoms with van der Waals surface area (Å²) in [7, 11) is 3.81. The van der Waals surface area contributed by atoms with E-state index < -0.39 is 22.7 Å². The van der Waals surface area contributed by atoms with Gasteiger partial charge in [0.25, 0.3) is 17.4 Å². The van der Waals surface area contributed by atoms with E-state index in [4.69, 9.17) is 4.74 Å². The lowest BCUT2D eigenvalue weighted by Crippen LogP contribution is -2.32. The second kappa shape index (κ2) is 10.5. The highest BCUT2D eigenvalue weighted by Crippen LogP contribution is 2.40. The second-order valence-corrected chi connectivity index (χ2v) is 8.41. The molecule has 1 N–H and O–H groups in total. The maximum absolute atomic E-state index is 13.1. The molecule has 1 atom stereocenters. The third-order valence-electron chi connectivity index (χ3n) is 5.69. The number of aliphatic hydroxyl groups is 1. The van der Waals surface area contributed by atoms with Crippen LogP contribution < -0.4 is 4.74 Å². The van der Waals surface area contributed by atoms with Crippen molar-refractivity contribution >= 4 is 23.1 Å². The van der Waals surface area contributed by atoms with Crippen molar-refractivity contribution in [3.63, 3.8) is 0 Å². The minimum atomic E-state index is -0.936. The van der Waals surface area contributed by atoms with Gasteiger partial charge in [-0.2, -0.15) is 0 Å². The van der Waals surface area contributed by atoms with Crippen molar-refractivity contribution in [1.82, 2.24) is 9.80 Å². The van der Waals surface area contributed by atoms with Crippen LogP contribution in [0.4, 0.5) is 5.69 Å². The van der Waals surface area contributed by atoms with Gasteiger partial charge in [-0.15, -0.1) is 0 Å². The van der Waals surface area contributed by atoms with Crippen LogP contribution in [0.3, 0.4) is 0 Å². The Morgan fingerprint density at radius 2 is 1.94 bits per heavy atom. The van der Waals surface area contributed by atoms with E-state index in [1.165, 1.54) is 23.1 Å². The van der Waals surface area contributed by atoms with Crippen molar-refractivity contribution < 1.29 is 24.4 Å². The summed E-state index contributed by atoms with van der Waals surface area (Å²) in [5, 5.41) is 22.6. The number of likely N-dealkylation sites (tertiary alicyclic amines) is 1. The SMILES string of the molecule is CCOc1ccc(/C(O)=C2\C(=O)C(=O)N(CCCN(C)C)C2c2cccc([N+](=O)[O-])c2)cc1C. The number of nitro groups is 1. The van der Waals surface area contributed by atoms with Crippen LogP contribution in [0.2, 0.25) is 0 Å². The standard InChI is InChI=1S/C25H29N3O6/c1-5-34-20-11-10-18(14-16(20)2)23(29)21-22(17-8-6-9-19(15-17)28(32)33)27(25(31)24(21)30)13-7-12-26(3)4/h6,8-11,14-15,22,29H,5,7,12-13H2,1-4H3/b23-21+. The Kier molecular flexibility index (Phi) is 7.68. The summed E-state index contributed by atoms with van der Waals surface area (Å²) in [6, 6.07) is 9.89. The number of carbonyl (C=O) groups excluding carboxylic acids is 2. The maximum Gasteiger partial charge on any atom is 0.295 e. The minimum absolute atomic E-state index is 0.0843. The molecule has 1 aliphatic heterocycles. The molecule has 0 saturated carbocycles. The summed E-state index contributed by atoms with van der Waals surface area (Å²) in [5.41, 5.74) is 1.27. The number of aryl methyl sites for hydroxylation is 1. The van der Waals surface area contributed by atoms with Crippen molar-refractivity contribution in [3.8, 4) is 5.75 Å². The largest absolute Gasteiger partial charge is 0.507 e. The summed E-state index contributed by atoms with van der Waals surface area (Å²) in [5.74, 6) is -1.22. The molecular formula is C25H29N3O6. The van der Waals surface area contributed by atoms with Crippen LogP contribution in [0.15, 0.2) is 48.0 Å². The summed E-state index contributed by atoms with van der Waals surface area (Å²) in [4.78, 5) is 40.3. The molecule has 0 radical (unpaired) electrons. The Hall–Kier alpha value is -3.72. The summed E-state index contributed by atoms with van der Waals surface area (Å²) in [6.07, 6.45) is 0.591. The normalized spacial score (nSPS) is 17.4. The first-order valence-corrected chi connectivity index (χ1v) is 11.1. The first-order valence-electron chi connectivity index (χ1n) is 11.1. The molecular weight excluding hydrogens is 438 g/mol. The molecule has 180 valence electrons. The van der Waals surface area contributed by atoms with Gasteiger partial charge in [0.1, 0.15) is 11.5 Å². The number of hydrogen-bond acceptors (Lipinski definition) is 7. The maximum atomic E-state index is 13.1. The summed E-state index contributed by atoms with van der Waals surface area (Å²) in [6.45, 7) is 5.11. The van der Waals surface area contributed by atoms with E-state index in [1.807, 2.05) is 32.8 Å². The Bertz CT molecular complexity index is 1140. The molecule has 0 aliphatic carbocycles. The van der Waals surface area contributed by atoms with Crippen LogP contribution in [0.5, 0.6) is 5.75 Å². The average Bonchev–Trinajstić information content (AvgIpc) is 3.05. The molecule has 0 spiro atoms. The van der Waals surface area contributed by atoms with E-state index in [-0.39, 0.29) is 23.6 Å². The number of non-ortho nitro benzene ring substituents is 1. The number of ketones is 1. The summed E-state index contributed by atoms with van der Waals surface area (Å²) < 4.78 is 5.55. The van der Waals surface area contributed by atoms with E-state index in [2.05, 4.69) is 0 Å². The number of rotatable bonds is 9. The second-order valence-electron chi connectivity index (χ2n) is 8.41. The van der Waals surface area contributed by atoms with Crippen molar-refractivity contribution in [1.29, 1.82) is 0 Å². The van der Waals surface area contributed by atoms with Gasteiger partial charge in [0.05, 0.1) is 23.1 Å². The molecule has 0 aromatic heterocycles. The fourth-order valence-electron chi connectivity index (χ4n) is 4.09. The van der Waals surface area contributed by atoms with Gasteiger partial charge in [0, 0.05) is 24.2 Å². The highest BCUT2D eigenvalue weighted by atomic mass is 16.6. The van der Waals surface area contributed by atoms with Crippen molar-refractivity contribution in [2.45, 2.75) is 26.3 Å². The molecule has 1 amide bonds. The Morgan fingerprint density at radius 3 is 2.56 bits per heavy atom. The number of amides is 1. The van der Waals surface area contributed by atoms with Gasteiger partial charge in [-0.05, 0) is 70.2 Å². The number of hydrogen-bond donors (Lipinski definition) is 1. The predicted octanol–water partition coefficient (Wildman–Crippen LogP) is 3.68. The predicted molar refractivity (Wildman–Crippen MR) is 128 cm³/mol. The number of ether oxygens (including phenoxy) is 1. The van der Waals surface area contributed by atoms with Crippen molar-refractivity contribution in [2.75, 3.05) is 33.8 Å². The van der Waals surface area contributed by atoms with E-state index >= 15 is 0 Å². The van der Waals surface area contributed by atoms with Crippen LogP contribution in [0.25, 0.3) is 5.76 Å². The zero-order valence-electron chi connectivity index (χ0n) is 19.8. The zero-order chi connectivity index (χ0) is 25.0. The Labute approximate surface area is 198 Å². The minimum Gasteiger partial charge on any atom is -0.507 e. The third-order valence-corrected chi connectivity index (χ3v) is 5.69. The molecule has 1 saturated heterocycles. The first-order chi connectivity index (χ1) is 16.1. The highest BCUT2D eigenvalue weighted by Gasteiger charge is 2.46. The molecule has 2 aromatic rings. The molecule has 1 heterocycles. The Morgan fingerprint density at radius 1 is 1.21 bits per heavy atom. The van der Waals surface area contributed by atoms with Crippen LogP contribution >= 0.6 is 0 Å². The number of benzene rings is 2. The topological polar surface area (TPSA) is 113 Å².